The summed E-state index contributed by atoms with van der Waals surface area (Å²) in [6, 6.07) is 14.3. The highest BCUT2D eigenvalue weighted by Crippen LogP contribution is 2.31. The average Bonchev–Trinajstić information content (AvgIpc) is 3.19. The van der Waals surface area contributed by atoms with Crippen LogP contribution in [0.4, 0.5) is 10.5 Å². The molecular formula is C24H26N2O4S. The molecule has 0 fully saturated rings. The second kappa shape index (κ2) is 10.7. The number of benzene rings is 2. The first-order valence-corrected chi connectivity index (χ1v) is 11.1. The summed E-state index contributed by atoms with van der Waals surface area (Å²) in [5.41, 5.74) is 1.75. The van der Waals surface area contributed by atoms with Crippen molar-refractivity contribution >= 4 is 29.4 Å². The Balaban J connectivity index is 1.78. The second-order valence-corrected chi connectivity index (χ2v) is 7.71. The smallest absolute Gasteiger partial charge is 0.417 e. The van der Waals surface area contributed by atoms with Gasteiger partial charge >= 0.3 is 6.09 Å². The standard InChI is InChI=1S/C24H26N2O4S/c1-4-8-19(25-20-12-11-18(29-2)15-22(20)31-3)21-13-14-23(27)26(21)24(28)30-16-17-9-6-5-7-10-17/h4-15,19,21,25H,16H2,1-3H3/b8-4+/t19-,21+/m0/s1. The van der Waals surface area contributed by atoms with E-state index < -0.39 is 12.1 Å². The SMILES string of the molecule is C/C=C/[C@H](Nc1ccc(OC)cc1SC)[C@H]1C=CC(=O)N1C(=O)OCc1ccccc1. The van der Waals surface area contributed by atoms with Gasteiger partial charge in [-0.25, -0.2) is 9.69 Å². The fraction of sp³-hybridized carbons (Fsp3) is 0.250. The number of nitrogens with zero attached hydrogens (tertiary/aromatic N) is 1. The Labute approximate surface area is 186 Å². The third kappa shape index (κ3) is 5.49. The zero-order valence-electron chi connectivity index (χ0n) is 17.8. The number of rotatable bonds is 8. The van der Waals surface area contributed by atoms with Crippen LogP contribution in [-0.4, -0.2) is 42.3 Å². The molecule has 6 nitrogen and oxygen atoms in total. The minimum absolute atomic E-state index is 0.104. The first-order chi connectivity index (χ1) is 15.1. The number of amides is 2. The van der Waals surface area contributed by atoms with E-state index in [1.807, 2.05) is 73.9 Å². The van der Waals surface area contributed by atoms with Crippen LogP contribution in [0.1, 0.15) is 12.5 Å². The number of carbonyl (C=O) groups is 2. The summed E-state index contributed by atoms with van der Waals surface area (Å²) < 4.78 is 10.7. The Morgan fingerprint density at radius 2 is 2.03 bits per heavy atom. The lowest BCUT2D eigenvalue weighted by Crippen LogP contribution is -2.47. The molecule has 31 heavy (non-hydrogen) atoms. The molecule has 2 aromatic carbocycles. The summed E-state index contributed by atoms with van der Waals surface area (Å²) in [5, 5.41) is 3.46. The number of nitrogens with one attached hydrogen (secondary N) is 1. The van der Waals surface area contributed by atoms with Crippen molar-refractivity contribution < 1.29 is 19.1 Å². The molecule has 162 valence electrons. The van der Waals surface area contributed by atoms with Crippen molar-refractivity contribution in [2.45, 2.75) is 30.5 Å². The van der Waals surface area contributed by atoms with Crippen LogP contribution in [0.5, 0.6) is 5.75 Å². The van der Waals surface area contributed by atoms with Gasteiger partial charge in [0.05, 0.1) is 19.2 Å². The molecule has 0 unspecified atom stereocenters. The molecule has 2 atom stereocenters. The minimum Gasteiger partial charge on any atom is -0.497 e. The average molecular weight is 439 g/mol. The van der Waals surface area contributed by atoms with Gasteiger partial charge in [-0.05, 0) is 36.9 Å². The number of methoxy groups -OCH3 is 1. The van der Waals surface area contributed by atoms with Crippen LogP contribution < -0.4 is 10.1 Å². The van der Waals surface area contributed by atoms with E-state index in [0.717, 1.165) is 26.8 Å². The number of imide groups is 1. The molecule has 0 saturated heterocycles. The van der Waals surface area contributed by atoms with Crippen molar-refractivity contribution in [3.05, 3.63) is 78.4 Å². The molecular weight excluding hydrogens is 412 g/mol. The first kappa shape index (κ1) is 22.5. The van der Waals surface area contributed by atoms with Gasteiger partial charge in [0.1, 0.15) is 12.4 Å². The third-order valence-corrected chi connectivity index (χ3v) is 5.65. The van der Waals surface area contributed by atoms with E-state index in [1.165, 1.54) is 6.08 Å². The van der Waals surface area contributed by atoms with Crippen molar-refractivity contribution in [3.8, 4) is 5.75 Å². The highest BCUT2D eigenvalue weighted by atomic mass is 32.2. The number of hydrogen-bond acceptors (Lipinski definition) is 6. The van der Waals surface area contributed by atoms with E-state index in [1.54, 1.807) is 24.9 Å². The number of anilines is 1. The number of ether oxygens (including phenoxy) is 2. The van der Waals surface area contributed by atoms with Gasteiger partial charge < -0.3 is 14.8 Å². The summed E-state index contributed by atoms with van der Waals surface area (Å²) in [4.78, 5) is 27.4. The third-order valence-electron chi connectivity index (χ3n) is 4.87. The molecule has 0 aliphatic carbocycles. The first-order valence-electron chi connectivity index (χ1n) is 9.90. The maximum absolute atomic E-state index is 12.8. The van der Waals surface area contributed by atoms with E-state index in [0.29, 0.717) is 0 Å². The maximum Gasteiger partial charge on any atom is 0.417 e. The fourth-order valence-corrected chi connectivity index (χ4v) is 3.91. The van der Waals surface area contributed by atoms with E-state index in [2.05, 4.69) is 5.32 Å². The monoisotopic (exact) mass is 438 g/mol. The number of allylic oxidation sites excluding steroid dienone is 1. The lowest BCUT2D eigenvalue weighted by Gasteiger charge is -2.29. The highest BCUT2D eigenvalue weighted by molar-refractivity contribution is 7.98. The van der Waals surface area contributed by atoms with E-state index in [9.17, 15) is 9.59 Å². The van der Waals surface area contributed by atoms with Crippen LogP contribution in [0.2, 0.25) is 0 Å². The van der Waals surface area contributed by atoms with Crippen molar-refractivity contribution in [2.75, 3.05) is 18.7 Å². The van der Waals surface area contributed by atoms with E-state index >= 15 is 0 Å². The molecule has 2 aromatic rings. The molecule has 7 heteroatoms. The summed E-state index contributed by atoms with van der Waals surface area (Å²) in [5.74, 6) is 0.374. The Kier molecular flexibility index (Phi) is 7.78. The van der Waals surface area contributed by atoms with Crippen LogP contribution in [0.3, 0.4) is 0 Å². The molecule has 1 aliphatic heterocycles. The van der Waals surface area contributed by atoms with Crippen molar-refractivity contribution in [3.63, 3.8) is 0 Å². The molecule has 0 radical (unpaired) electrons. The number of carbonyl (C=O) groups excluding carboxylic acids is 2. The topological polar surface area (TPSA) is 67.9 Å². The van der Waals surface area contributed by atoms with Crippen LogP contribution in [0, 0.1) is 0 Å². The molecule has 1 N–H and O–H groups in total. The summed E-state index contributed by atoms with van der Waals surface area (Å²) >= 11 is 1.58. The molecule has 0 aromatic heterocycles. The van der Waals surface area contributed by atoms with Crippen molar-refractivity contribution in [1.82, 2.24) is 4.90 Å². The molecule has 2 amide bonds. The second-order valence-electron chi connectivity index (χ2n) is 6.86. The fourth-order valence-electron chi connectivity index (χ4n) is 3.33. The zero-order chi connectivity index (χ0) is 22.2. The predicted octanol–water partition coefficient (Wildman–Crippen LogP) is 4.88. The van der Waals surface area contributed by atoms with Gasteiger partial charge in [-0.3, -0.25) is 4.79 Å². The van der Waals surface area contributed by atoms with E-state index in [4.69, 9.17) is 9.47 Å². The van der Waals surface area contributed by atoms with Crippen LogP contribution >= 0.6 is 11.8 Å². The Bertz CT molecular complexity index is 975. The van der Waals surface area contributed by atoms with Crippen LogP contribution in [0.25, 0.3) is 0 Å². The predicted molar refractivity (Wildman–Crippen MR) is 123 cm³/mol. The normalized spacial score (nSPS) is 16.5. The Morgan fingerprint density at radius 3 is 2.71 bits per heavy atom. The molecule has 0 spiro atoms. The van der Waals surface area contributed by atoms with Crippen molar-refractivity contribution in [2.24, 2.45) is 0 Å². The quantitative estimate of drug-likeness (QED) is 0.468. The lowest BCUT2D eigenvalue weighted by atomic mass is 10.1. The van der Waals surface area contributed by atoms with Gasteiger partial charge in [0.25, 0.3) is 5.91 Å². The lowest BCUT2D eigenvalue weighted by molar-refractivity contribution is -0.124. The van der Waals surface area contributed by atoms with Gasteiger partial charge in [0.15, 0.2) is 0 Å². The molecule has 0 saturated carbocycles. The molecule has 1 aliphatic rings. The summed E-state index contributed by atoms with van der Waals surface area (Å²) in [6.45, 7) is 2.00. The van der Waals surface area contributed by atoms with Crippen molar-refractivity contribution in [1.29, 1.82) is 0 Å². The Hall–Kier alpha value is -3.19. The van der Waals surface area contributed by atoms with E-state index in [-0.39, 0.29) is 18.6 Å². The largest absolute Gasteiger partial charge is 0.497 e. The maximum atomic E-state index is 12.8. The van der Waals surface area contributed by atoms with Gasteiger partial charge in [0, 0.05) is 16.7 Å². The zero-order valence-corrected chi connectivity index (χ0v) is 18.6. The number of hydrogen-bond donors (Lipinski definition) is 1. The highest BCUT2D eigenvalue weighted by Gasteiger charge is 2.37. The van der Waals surface area contributed by atoms with Crippen LogP contribution in [0.15, 0.2) is 77.7 Å². The summed E-state index contributed by atoms with van der Waals surface area (Å²) in [7, 11) is 1.63. The van der Waals surface area contributed by atoms with Gasteiger partial charge in [0.2, 0.25) is 0 Å². The van der Waals surface area contributed by atoms with Gasteiger partial charge in [-0.1, -0.05) is 48.6 Å². The summed E-state index contributed by atoms with van der Waals surface area (Å²) in [6.07, 6.45) is 8.28. The Morgan fingerprint density at radius 1 is 1.26 bits per heavy atom. The van der Waals surface area contributed by atoms with Gasteiger partial charge in [-0.2, -0.15) is 0 Å². The van der Waals surface area contributed by atoms with Crippen LogP contribution in [-0.2, 0) is 16.1 Å². The molecule has 3 rings (SSSR count). The number of thioether (sulfide) groups is 1. The molecule has 0 bridgehead atoms. The minimum atomic E-state index is -0.667. The molecule has 1 heterocycles. The van der Waals surface area contributed by atoms with Gasteiger partial charge in [-0.15, -0.1) is 11.8 Å².